The molecule has 11 heteroatoms. The third kappa shape index (κ3) is 6.26. The Labute approximate surface area is 235 Å². The van der Waals surface area contributed by atoms with Crippen molar-refractivity contribution >= 4 is 9.24 Å². The Bertz CT molecular complexity index is 1440. The molecule has 3 aromatic carbocycles. The molecule has 1 atom stereocenters. The molecule has 0 saturated heterocycles. The molecule has 5 aromatic rings. The predicted octanol–water partition coefficient (Wildman–Crippen LogP) is 3.24. The lowest BCUT2D eigenvalue weighted by molar-refractivity contribution is 0.0326. The van der Waals surface area contributed by atoms with Crippen molar-refractivity contribution in [3.8, 4) is 0 Å². The van der Waals surface area contributed by atoms with Crippen LogP contribution in [-0.4, -0.2) is 41.3 Å². The van der Waals surface area contributed by atoms with E-state index in [1.807, 2.05) is 103 Å². The highest BCUT2D eigenvalue weighted by Gasteiger charge is 2.44. The Morgan fingerprint density at radius 3 is 1.68 bits per heavy atom. The number of hydrogen-bond acceptors (Lipinski definition) is 8. The van der Waals surface area contributed by atoms with Gasteiger partial charge in [-0.25, -0.2) is 15.2 Å². The number of hydrogen-bond donors (Lipinski definition) is 2. The minimum absolute atomic E-state index is 0.245. The Hall–Kier alpha value is -4.37. The summed E-state index contributed by atoms with van der Waals surface area (Å²) in [5.74, 6) is 6.40. The largest absolute Gasteiger partial charge is 0.398 e. The molecule has 0 spiro atoms. The summed E-state index contributed by atoms with van der Waals surface area (Å²) in [6.07, 6.45) is 5.54. The molecule has 0 aliphatic heterocycles. The summed E-state index contributed by atoms with van der Waals surface area (Å²) in [4.78, 5) is 0. The maximum absolute atomic E-state index is 6.83. The third-order valence-electron chi connectivity index (χ3n) is 6.39. The first-order valence-electron chi connectivity index (χ1n) is 12.8. The molecule has 2 heterocycles. The molecule has 0 bridgehead atoms. The van der Waals surface area contributed by atoms with Gasteiger partial charge in [0.05, 0.1) is 44.1 Å². The first-order chi connectivity index (χ1) is 19.6. The van der Waals surface area contributed by atoms with Crippen LogP contribution in [0.25, 0.3) is 0 Å². The van der Waals surface area contributed by atoms with Crippen LogP contribution in [0.3, 0.4) is 0 Å². The second-order valence-corrected chi connectivity index (χ2v) is 9.64. The van der Waals surface area contributed by atoms with Gasteiger partial charge in [0.1, 0.15) is 11.4 Å². The molecule has 5 rings (SSSR count). The van der Waals surface area contributed by atoms with Crippen molar-refractivity contribution < 1.29 is 4.74 Å². The summed E-state index contributed by atoms with van der Waals surface area (Å²) in [5.41, 5.74) is 9.90. The number of nitrogens with two attached hydrogens (primary N) is 2. The van der Waals surface area contributed by atoms with Crippen LogP contribution in [0.5, 0.6) is 0 Å². The van der Waals surface area contributed by atoms with Crippen LogP contribution in [-0.2, 0) is 30.0 Å². The SMILES string of the molecule is N/C(=C\N(N)Cc1ccccc1)C(OCP)(c1cn(Cc2ccccc2)nn1)c1cn(Cc2ccccc2)nn1. The van der Waals surface area contributed by atoms with Gasteiger partial charge in [-0.1, -0.05) is 101 Å². The second-order valence-electron chi connectivity index (χ2n) is 9.31. The van der Waals surface area contributed by atoms with E-state index in [2.05, 4.69) is 29.9 Å². The van der Waals surface area contributed by atoms with E-state index in [0.717, 1.165) is 16.7 Å². The van der Waals surface area contributed by atoms with Crippen molar-refractivity contribution in [1.29, 1.82) is 0 Å². The Balaban J connectivity index is 1.53. The van der Waals surface area contributed by atoms with Crippen LogP contribution in [0.2, 0.25) is 0 Å². The molecule has 1 unspecified atom stereocenters. The molecular formula is C29H32N9OP. The van der Waals surface area contributed by atoms with Gasteiger partial charge in [0.2, 0.25) is 0 Å². The summed E-state index contributed by atoms with van der Waals surface area (Å²) in [6, 6.07) is 29.9. The molecule has 204 valence electrons. The molecule has 0 saturated carbocycles. The van der Waals surface area contributed by atoms with Gasteiger partial charge >= 0.3 is 0 Å². The summed E-state index contributed by atoms with van der Waals surface area (Å²) < 4.78 is 9.89. The van der Waals surface area contributed by atoms with Gasteiger partial charge in [-0.15, -0.1) is 19.4 Å². The topological polar surface area (TPSA) is 126 Å². The van der Waals surface area contributed by atoms with Crippen molar-refractivity contribution in [2.24, 2.45) is 11.6 Å². The fourth-order valence-electron chi connectivity index (χ4n) is 4.51. The van der Waals surface area contributed by atoms with Crippen LogP contribution >= 0.6 is 9.24 Å². The van der Waals surface area contributed by atoms with Gasteiger partial charge in [0, 0.05) is 6.20 Å². The standard InChI is InChI=1S/C29H32N9OP/c30-26(19-36(31)16-23-10-4-1-5-11-23)29(39-22-40,27-20-37(34-32-27)17-24-12-6-2-7-13-24)28-21-38(35-33-28)18-25-14-8-3-9-15-25/h1-15,19-21H,16-18,22,30-31,40H2/b26-19-. The van der Waals surface area contributed by atoms with Crippen molar-refractivity contribution in [2.75, 3.05) is 6.35 Å². The smallest absolute Gasteiger partial charge is 0.199 e. The van der Waals surface area contributed by atoms with Crippen molar-refractivity contribution in [3.05, 3.63) is 143 Å². The molecule has 4 N–H and O–H groups in total. The Morgan fingerprint density at radius 1 is 0.775 bits per heavy atom. The number of nitrogens with zero attached hydrogens (tertiary/aromatic N) is 7. The van der Waals surface area contributed by atoms with Gasteiger partial charge in [-0.3, -0.25) is 0 Å². The Morgan fingerprint density at radius 2 is 1.23 bits per heavy atom. The fraction of sp³-hybridized carbons (Fsp3) is 0.172. The predicted molar refractivity (Wildman–Crippen MR) is 156 cm³/mol. The van der Waals surface area contributed by atoms with E-state index in [1.165, 1.54) is 5.01 Å². The zero-order valence-corrected chi connectivity index (χ0v) is 23.1. The summed E-state index contributed by atoms with van der Waals surface area (Å²) in [6.45, 7) is 1.51. The van der Waals surface area contributed by atoms with Crippen molar-refractivity contribution in [3.63, 3.8) is 0 Å². The van der Waals surface area contributed by atoms with E-state index in [4.69, 9.17) is 16.3 Å². The Kier molecular flexibility index (Phi) is 8.61. The van der Waals surface area contributed by atoms with Crippen LogP contribution < -0.4 is 11.6 Å². The van der Waals surface area contributed by atoms with Crippen LogP contribution in [0.15, 0.2) is 115 Å². The van der Waals surface area contributed by atoms with E-state index in [0.29, 0.717) is 36.7 Å². The minimum atomic E-state index is -1.39. The van der Waals surface area contributed by atoms with Crippen LogP contribution in [0, 0.1) is 0 Å². The third-order valence-corrected chi connectivity index (χ3v) is 6.56. The minimum Gasteiger partial charge on any atom is -0.398 e. The highest BCUT2D eigenvalue weighted by Crippen LogP contribution is 2.37. The molecule has 0 aliphatic carbocycles. The molecule has 0 amide bonds. The van der Waals surface area contributed by atoms with Gasteiger partial charge in [-0.2, -0.15) is 0 Å². The lowest BCUT2D eigenvalue weighted by Crippen LogP contribution is -2.40. The zero-order chi connectivity index (χ0) is 27.8. The summed E-state index contributed by atoms with van der Waals surface area (Å²) in [7, 11) is 2.58. The number of benzene rings is 3. The van der Waals surface area contributed by atoms with Crippen LogP contribution in [0.1, 0.15) is 28.1 Å². The maximum Gasteiger partial charge on any atom is 0.199 e. The van der Waals surface area contributed by atoms with E-state index in [-0.39, 0.29) is 6.35 Å². The number of aromatic nitrogens is 6. The van der Waals surface area contributed by atoms with Crippen LogP contribution in [0.4, 0.5) is 0 Å². The fourth-order valence-corrected chi connectivity index (χ4v) is 4.76. The highest BCUT2D eigenvalue weighted by atomic mass is 31.0. The molecule has 0 radical (unpaired) electrons. The van der Waals surface area contributed by atoms with E-state index in [1.54, 1.807) is 15.6 Å². The van der Waals surface area contributed by atoms with E-state index >= 15 is 0 Å². The number of rotatable bonds is 12. The number of hydrazine groups is 1. The summed E-state index contributed by atoms with van der Waals surface area (Å²) in [5, 5.41) is 19.3. The molecule has 0 aliphatic rings. The molecule has 0 fully saturated rings. The molecule has 10 nitrogen and oxygen atoms in total. The lowest BCUT2D eigenvalue weighted by Gasteiger charge is -2.31. The monoisotopic (exact) mass is 553 g/mol. The second kappa shape index (κ2) is 12.7. The average Bonchev–Trinajstić information content (AvgIpc) is 3.64. The number of ether oxygens (including phenoxy) is 1. The van der Waals surface area contributed by atoms with Gasteiger partial charge in [0.25, 0.3) is 0 Å². The first kappa shape index (κ1) is 27.2. The van der Waals surface area contributed by atoms with Gasteiger partial charge in [0.15, 0.2) is 5.60 Å². The van der Waals surface area contributed by atoms with Gasteiger partial charge in [-0.05, 0) is 16.7 Å². The van der Waals surface area contributed by atoms with Crippen molar-refractivity contribution in [1.82, 2.24) is 35.0 Å². The van der Waals surface area contributed by atoms with E-state index < -0.39 is 5.60 Å². The van der Waals surface area contributed by atoms with Crippen molar-refractivity contribution in [2.45, 2.75) is 25.2 Å². The van der Waals surface area contributed by atoms with Gasteiger partial charge < -0.3 is 15.5 Å². The highest BCUT2D eigenvalue weighted by molar-refractivity contribution is 7.16. The van der Waals surface area contributed by atoms with E-state index in [9.17, 15) is 0 Å². The lowest BCUT2D eigenvalue weighted by atomic mass is 9.92. The first-order valence-corrected chi connectivity index (χ1v) is 13.6. The normalized spacial score (nSPS) is 12.0. The molecular weight excluding hydrogens is 521 g/mol. The summed E-state index contributed by atoms with van der Waals surface area (Å²) >= 11 is 0. The average molecular weight is 554 g/mol. The molecule has 2 aromatic heterocycles. The quantitative estimate of drug-likeness (QED) is 0.137. The molecule has 40 heavy (non-hydrogen) atoms. The maximum atomic E-state index is 6.83. The zero-order valence-electron chi connectivity index (χ0n) is 22.0.